The summed E-state index contributed by atoms with van der Waals surface area (Å²) in [6, 6.07) is 2.30. The van der Waals surface area contributed by atoms with Crippen LogP contribution in [0.5, 0.6) is 5.75 Å². The van der Waals surface area contributed by atoms with E-state index >= 15 is 0 Å². The lowest BCUT2D eigenvalue weighted by atomic mass is 10.1. The molecular formula is C8H7BrF2O2. The molecule has 5 heteroatoms. The van der Waals surface area contributed by atoms with Gasteiger partial charge in [0.05, 0.1) is 0 Å². The van der Waals surface area contributed by atoms with E-state index in [0.29, 0.717) is 4.47 Å². The van der Waals surface area contributed by atoms with Crippen LogP contribution in [0.15, 0.2) is 16.6 Å². The maximum atomic E-state index is 12.8. The Morgan fingerprint density at radius 2 is 2.08 bits per heavy atom. The number of alkyl halides is 1. The Kier molecular flexibility index (Phi) is 3.22. The lowest BCUT2D eigenvalue weighted by Crippen LogP contribution is -2.00. The summed E-state index contributed by atoms with van der Waals surface area (Å²) in [5.41, 5.74) is -0.158. The molecule has 0 radical (unpaired) electrons. The zero-order chi connectivity index (χ0) is 10.0. The van der Waals surface area contributed by atoms with Gasteiger partial charge in [-0.05, 0) is 12.1 Å². The standard InChI is InChI=1S/C8H7BrF2O2/c9-4-1-5(7(12)3-10)8(13)6(11)2-4/h1-2,7,12-13H,3H2. The van der Waals surface area contributed by atoms with Crippen LogP contribution in [-0.4, -0.2) is 16.9 Å². The van der Waals surface area contributed by atoms with Crippen LogP contribution in [0.3, 0.4) is 0 Å². The third-order valence-electron chi connectivity index (χ3n) is 1.56. The van der Waals surface area contributed by atoms with Crippen molar-refractivity contribution in [2.75, 3.05) is 6.67 Å². The number of aliphatic hydroxyl groups is 1. The summed E-state index contributed by atoms with van der Waals surface area (Å²) >= 11 is 2.96. The van der Waals surface area contributed by atoms with E-state index in [4.69, 9.17) is 10.2 Å². The Bertz CT molecular complexity index is 317. The van der Waals surface area contributed by atoms with Crippen LogP contribution >= 0.6 is 15.9 Å². The Morgan fingerprint density at radius 3 is 2.62 bits per heavy atom. The molecule has 1 rings (SSSR count). The van der Waals surface area contributed by atoms with Crippen molar-refractivity contribution in [1.29, 1.82) is 0 Å². The zero-order valence-electron chi connectivity index (χ0n) is 6.47. The average molecular weight is 253 g/mol. The van der Waals surface area contributed by atoms with Crippen LogP contribution in [0, 0.1) is 5.82 Å². The van der Waals surface area contributed by atoms with Crippen LogP contribution < -0.4 is 0 Å². The van der Waals surface area contributed by atoms with Crippen LogP contribution in [0.1, 0.15) is 11.7 Å². The zero-order valence-corrected chi connectivity index (χ0v) is 8.05. The summed E-state index contributed by atoms with van der Waals surface area (Å²) in [7, 11) is 0. The molecule has 0 aliphatic heterocycles. The molecule has 1 aromatic rings. The Labute approximate surface area is 81.9 Å². The molecule has 2 nitrogen and oxygen atoms in total. The molecule has 0 aliphatic carbocycles. The average Bonchev–Trinajstić information content (AvgIpc) is 2.10. The first kappa shape index (κ1) is 10.4. The molecule has 0 bridgehead atoms. The summed E-state index contributed by atoms with van der Waals surface area (Å²) in [5.74, 6) is -1.61. The molecule has 0 amide bonds. The molecule has 0 heterocycles. The normalized spacial score (nSPS) is 12.9. The fourth-order valence-corrected chi connectivity index (χ4v) is 1.37. The van der Waals surface area contributed by atoms with Gasteiger partial charge in [0.2, 0.25) is 0 Å². The smallest absolute Gasteiger partial charge is 0.166 e. The van der Waals surface area contributed by atoms with Crippen molar-refractivity contribution in [3.05, 3.63) is 28.0 Å². The molecule has 1 atom stereocenters. The van der Waals surface area contributed by atoms with Gasteiger partial charge in [0.25, 0.3) is 0 Å². The van der Waals surface area contributed by atoms with Gasteiger partial charge in [0.1, 0.15) is 12.8 Å². The minimum absolute atomic E-state index is 0.158. The third-order valence-corrected chi connectivity index (χ3v) is 2.02. The van der Waals surface area contributed by atoms with Crippen molar-refractivity contribution in [3.63, 3.8) is 0 Å². The number of halogens is 3. The summed E-state index contributed by atoms with van der Waals surface area (Å²) in [5, 5.41) is 18.1. The van der Waals surface area contributed by atoms with Crippen molar-refractivity contribution >= 4 is 15.9 Å². The van der Waals surface area contributed by atoms with E-state index in [1.807, 2.05) is 0 Å². The molecule has 1 unspecified atom stereocenters. The maximum Gasteiger partial charge on any atom is 0.166 e. The van der Waals surface area contributed by atoms with Crippen molar-refractivity contribution in [3.8, 4) is 5.75 Å². The lowest BCUT2D eigenvalue weighted by Gasteiger charge is -2.09. The van der Waals surface area contributed by atoms with E-state index in [2.05, 4.69) is 15.9 Å². The van der Waals surface area contributed by atoms with Crippen LogP contribution in [0.4, 0.5) is 8.78 Å². The van der Waals surface area contributed by atoms with Gasteiger partial charge in [-0.3, -0.25) is 0 Å². The molecular weight excluding hydrogens is 246 g/mol. The van der Waals surface area contributed by atoms with Gasteiger partial charge in [0, 0.05) is 10.0 Å². The van der Waals surface area contributed by atoms with Gasteiger partial charge in [0.15, 0.2) is 11.6 Å². The first-order valence-electron chi connectivity index (χ1n) is 3.48. The molecule has 2 N–H and O–H groups in total. The van der Waals surface area contributed by atoms with Crippen molar-refractivity contribution in [1.82, 2.24) is 0 Å². The van der Waals surface area contributed by atoms with E-state index in [1.54, 1.807) is 0 Å². The van der Waals surface area contributed by atoms with E-state index in [1.165, 1.54) is 6.07 Å². The molecule has 0 fully saturated rings. The number of hydrogen-bond acceptors (Lipinski definition) is 2. The number of phenolic OH excluding ortho intramolecular Hbond substituents is 1. The largest absolute Gasteiger partial charge is 0.505 e. The molecule has 0 saturated carbocycles. The molecule has 72 valence electrons. The first-order chi connectivity index (χ1) is 6.06. The van der Waals surface area contributed by atoms with Crippen LogP contribution in [0.25, 0.3) is 0 Å². The minimum Gasteiger partial charge on any atom is -0.505 e. The second kappa shape index (κ2) is 4.02. The van der Waals surface area contributed by atoms with Crippen LogP contribution in [-0.2, 0) is 0 Å². The van der Waals surface area contributed by atoms with Gasteiger partial charge < -0.3 is 10.2 Å². The van der Waals surface area contributed by atoms with E-state index < -0.39 is 24.3 Å². The van der Waals surface area contributed by atoms with E-state index in [9.17, 15) is 8.78 Å². The molecule has 1 aromatic carbocycles. The molecule has 0 spiro atoms. The number of aromatic hydroxyl groups is 1. The Balaban J connectivity index is 3.20. The van der Waals surface area contributed by atoms with Gasteiger partial charge in [-0.25, -0.2) is 8.78 Å². The number of benzene rings is 1. The summed E-state index contributed by atoms with van der Waals surface area (Å²) in [6.45, 7) is -1.07. The molecule has 13 heavy (non-hydrogen) atoms. The van der Waals surface area contributed by atoms with Crippen LogP contribution in [0.2, 0.25) is 0 Å². The second-order valence-electron chi connectivity index (χ2n) is 2.50. The summed E-state index contributed by atoms with van der Waals surface area (Å²) in [6.07, 6.45) is -1.49. The number of rotatable bonds is 2. The number of phenols is 1. The fraction of sp³-hybridized carbons (Fsp3) is 0.250. The SMILES string of the molecule is Oc1c(F)cc(Br)cc1C(O)CF. The highest BCUT2D eigenvalue weighted by atomic mass is 79.9. The van der Waals surface area contributed by atoms with Gasteiger partial charge in [-0.15, -0.1) is 0 Å². The van der Waals surface area contributed by atoms with E-state index in [-0.39, 0.29) is 5.56 Å². The van der Waals surface area contributed by atoms with Gasteiger partial charge in [-0.2, -0.15) is 0 Å². The maximum absolute atomic E-state index is 12.8. The molecule has 0 aromatic heterocycles. The fourth-order valence-electron chi connectivity index (χ4n) is 0.923. The quantitative estimate of drug-likeness (QED) is 0.848. The second-order valence-corrected chi connectivity index (χ2v) is 3.41. The minimum atomic E-state index is -1.49. The van der Waals surface area contributed by atoms with Crippen molar-refractivity contribution in [2.45, 2.75) is 6.10 Å². The highest BCUT2D eigenvalue weighted by molar-refractivity contribution is 9.10. The molecule has 0 aliphatic rings. The van der Waals surface area contributed by atoms with E-state index in [0.717, 1.165) is 6.07 Å². The monoisotopic (exact) mass is 252 g/mol. The lowest BCUT2D eigenvalue weighted by molar-refractivity contribution is 0.138. The highest BCUT2D eigenvalue weighted by Gasteiger charge is 2.16. The Morgan fingerprint density at radius 1 is 1.46 bits per heavy atom. The summed E-state index contributed by atoms with van der Waals surface area (Å²) in [4.78, 5) is 0. The topological polar surface area (TPSA) is 40.5 Å². The van der Waals surface area contributed by atoms with Crippen molar-refractivity contribution in [2.24, 2.45) is 0 Å². The third kappa shape index (κ3) is 2.16. The number of hydrogen-bond donors (Lipinski definition) is 2. The number of aliphatic hydroxyl groups excluding tert-OH is 1. The summed E-state index contributed by atoms with van der Waals surface area (Å²) < 4.78 is 25.2. The highest BCUT2D eigenvalue weighted by Crippen LogP contribution is 2.30. The van der Waals surface area contributed by atoms with Gasteiger partial charge >= 0.3 is 0 Å². The molecule has 0 saturated heterocycles. The van der Waals surface area contributed by atoms with Crippen molar-refractivity contribution < 1.29 is 19.0 Å². The predicted octanol–water partition coefficient (Wildman–Crippen LogP) is 2.30. The first-order valence-corrected chi connectivity index (χ1v) is 4.27. The predicted molar refractivity (Wildman–Crippen MR) is 46.7 cm³/mol. The van der Waals surface area contributed by atoms with Gasteiger partial charge in [-0.1, -0.05) is 15.9 Å². The Hall–Kier alpha value is -0.680.